The molecule has 10 nitrogen and oxygen atoms in total. The highest BCUT2D eigenvalue weighted by Gasteiger charge is 2.41. The highest BCUT2D eigenvalue weighted by Crippen LogP contribution is 2.33. The minimum absolute atomic E-state index is 0.0469. The third-order valence-corrected chi connectivity index (χ3v) is 6.77. The summed E-state index contributed by atoms with van der Waals surface area (Å²) in [6, 6.07) is 4.41. The van der Waals surface area contributed by atoms with Gasteiger partial charge in [-0.2, -0.15) is 0 Å². The molecule has 0 bridgehead atoms. The van der Waals surface area contributed by atoms with E-state index in [0.717, 1.165) is 11.1 Å². The van der Waals surface area contributed by atoms with Gasteiger partial charge >= 0.3 is 0 Å². The Kier molecular flexibility index (Phi) is 4.84. The van der Waals surface area contributed by atoms with Crippen molar-refractivity contribution in [1.82, 2.24) is 30.5 Å². The summed E-state index contributed by atoms with van der Waals surface area (Å²) >= 11 is 0. The number of amides is 4. The number of carbonyl (C=O) groups excluding carboxylic acids is 4. The molecule has 2 N–H and O–H groups in total. The van der Waals surface area contributed by atoms with Gasteiger partial charge in [-0.05, 0) is 36.0 Å². The number of rotatable bonds is 3. The molecule has 3 aliphatic heterocycles. The lowest BCUT2D eigenvalue weighted by molar-refractivity contribution is -0.137. The van der Waals surface area contributed by atoms with Gasteiger partial charge in [0.25, 0.3) is 5.91 Å². The summed E-state index contributed by atoms with van der Waals surface area (Å²) in [4.78, 5) is 50.6. The van der Waals surface area contributed by atoms with Crippen LogP contribution >= 0.6 is 0 Å². The molecule has 0 aliphatic carbocycles. The Morgan fingerprint density at radius 2 is 1.85 bits per heavy atom. The molecular weight excluding hydrogens is 424 g/mol. The number of hydrogen-bond acceptors (Lipinski definition) is 6. The first-order chi connectivity index (χ1) is 15.6. The van der Waals surface area contributed by atoms with Crippen LogP contribution in [0.4, 0.5) is 0 Å². The molecule has 3 unspecified atom stereocenters. The summed E-state index contributed by atoms with van der Waals surface area (Å²) in [5, 5.41) is 13.8. The fourth-order valence-corrected chi connectivity index (χ4v) is 4.75. The number of imide groups is 1. The molecular formula is C23H26N6O4. The molecule has 0 saturated carbocycles. The van der Waals surface area contributed by atoms with Crippen LogP contribution in [-0.2, 0) is 20.9 Å². The first-order valence-corrected chi connectivity index (χ1v) is 11.1. The van der Waals surface area contributed by atoms with E-state index >= 15 is 0 Å². The van der Waals surface area contributed by atoms with E-state index in [2.05, 4.69) is 41.7 Å². The van der Waals surface area contributed by atoms with Gasteiger partial charge in [-0.15, -0.1) is 5.10 Å². The Balaban J connectivity index is 1.35. The zero-order valence-electron chi connectivity index (χ0n) is 18.8. The zero-order chi connectivity index (χ0) is 23.5. The molecule has 1 aromatic heterocycles. The lowest BCUT2D eigenvalue weighted by Gasteiger charge is -2.29. The second-order valence-corrected chi connectivity index (χ2v) is 10.0. The maximum atomic E-state index is 12.9. The van der Waals surface area contributed by atoms with Crippen molar-refractivity contribution in [3.8, 4) is 11.3 Å². The van der Waals surface area contributed by atoms with Gasteiger partial charge in [-0.3, -0.25) is 24.5 Å². The number of nitrogens with zero attached hydrogens (tertiary/aromatic N) is 4. The molecule has 2 fully saturated rings. The van der Waals surface area contributed by atoms with E-state index in [0.29, 0.717) is 30.6 Å². The van der Waals surface area contributed by atoms with E-state index in [4.69, 9.17) is 0 Å². The molecule has 0 radical (unpaired) electrons. The van der Waals surface area contributed by atoms with Crippen molar-refractivity contribution in [3.63, 3.8) is 0 Å². The SMILES string of the molecule is CC(C)(C)C1CC(n2cc(-c3ccc4c(c3)CN(C3CCC(=O)NC3=O)C4=O)nn2)C(=O)N1. The molecule has 2 aromatic rings. The minimum Gasteiger partial charge on any atom is -0.351 e. The van der Waals surface area contributed by atoms with E-state index < -0.39 is 18.0 Å². The first kappa shape index (κ1) is 21.3. The largest absolute Gasteiger partial charge is 0.351 e. The van der Waals surface area contributed by atoms with E-state index in [1.165, 1.54) is 4.90 Å². The van der Waals surface area contributed by atoms with Crippen LogP contribution in [0, 0.1) is 5.41 Å². The Labute approximate surface area is 190 Å². The third kappa shape index (κ3) is 3.69. The third-order valence-electron chi connectivity index (χ3n) is 6.77. The molecule has 3 aliphatic rings. The second-order valence-electron chi connectivity index (χ2n) is 10.0. The summed E-state index contributed by atoms with van der Waals surface area (Å²) < 4.78 is 1.60. The van der Waals surface area contributed by atoms with Gasteiger partial charge in [0.2, 0.25) is 17.7 Å². The lowest BCUT2D eigenvalue weighted by atomic mass is 9.85. The number of nitrogens with one attached hydrogen (secondary N) is 2. The Bertz CT molecular complexity index is 1180. The maximum absolute atomic E-state index is 12.9. The van der Waals surface area contributed by atoms with Crippen LogP contribution < -0.4 is 10.6 Å². The Morgan fingerprint density at radius 1 is 1.06 bits per heavy atom. The van der Waals surface area contributed by atoms with Crippen LogP contribution in [0.25, 0.3) is 11.3 Å². The molecule has 1 aromatic carbocycles. The number of carbonyl (C=O) groups is 4. The molecule has 0 spiro atoms. The Morgan fingerprint density at radius 3 is 2.55 bits per heavy atom. The van der Waals surface area contributed by atoms with Crippen molar-refractivity contribution >= 4 is 23.6 Å². The van der Waals surface area contributed by atoms with Crippen LogP contribution in [0.3, 0.4) is 0 Å². The normalized spacial score (nSPS) is 25.3. The summed E-state index contributed by atoms with van der Waals surface area (Å²) in [6.07, 6.45) is 2.94. The van der Waals surface area contributed by atoms with Crippen molar-refractivity contribution in [3.05, 3.63) is 35.5 Å². The molecule has 33 heavy (non-hydrogen) atoms. The van der Waals surface area contributed by atoms with Gasteiger partial charge in [0, 0.05) is 30.1 Å². The molecule has 4 heterocycles. The highest BCUT2D eigenvalue weighted by molar-refractivity contribution is 6.05. The monoisotopic (exact) mass is 450 g/mol. The molecule has 4 amide bonds. The number of piperidine rings is 1. The highest BCUT2D eigenvalue weighted by atomic mass is 16.2. The van der Waals surface area contributed by atoms with Crippen molar-refractivity contribution in [2.75, 3.05) is 0 Å². The maximum Gasteiger partial charge on any atom is 0.255 e. The van der Waals surface area contributed by atoms with Crippen LogP contribution in [0.5, 0.6) is 0 Å². The van der Waals surface area contributed by atoms with Gasteiger partial charge in [0.15, 0.2) is 0 Å². The lowest BCUT2D eigenvalue weighted by Crippen LogP contribution is -2.52. The topological polar surface area (TPSA) is 126 Å². The van der Waals surface area contributed by atoms with Crippen LogP contribution in [0.15, 0.2) is 24.4 Å². The summed E-state index contributed by atoms with van der Waals surface area (Å²) in [6.45, 7) is 6.58. The second kappa shape index (κ2) is 7.50. The average Bonchev–Trinajstić information content (AvgIpc) is 3.45. The average molecular weight is 450 g/mol. The fraction of sp³-hybridized carbons (Fsp3) is 0.478. The van der Waals surface area contributed by atoms with Crippen molar-refractivity contribution in [2.45, 2.75) is 64.7 Å². The predicted octanol–water partition coefficient (Wildman–Crippen LogP) is 1.18. The number of fused-ring (bicyclic) bond motifs is 1. The van der Waals surface area contributed by atoms with Crippen molar-refractivity contribution < 1.29 is 19.2 Å². The van der Waals surface area contributed by atoms with Gasteiger partial charge in [-0.1, -0.05) is 32.1 Å². The van der Waals surface area contributed by atoms with E-state index in [9.17, 15) is 19.2 Å². The standard InChI is InChI=1S/C23H26N6O4/c1-23(2,3)18-9-17(21(32)24-18)29-11-15(26-27-29)12-4-5-14-13(8-12)10-28(22(14)33)16-6-7-19(30)25-20(16)31/h4-5,8,11,16-18H,6-7,9-10H2,1-3H3,(H,24,32)(H,25,30,31). The van der Waals surface area contributed by atoms with E-state index in [1.54, 1.807) is 23.0 Å². The molecule has 172 valence electrons. The van der Waals surface area contributed by atoms with E-state index in [-0.39, 0.29) is 35.6 Å². The molecule has 2 saturated heterocycles. The molecule has 3 atom stereocenters. The van der Waals surface area contributed by atoms with Crippen LogP contribution in [-0.4, -0.2) is 55.6 Å². The van der Waals surface area contributed by atoms with Gasteiger partial charge in [-0.25, -0.2) is 4.68 Å². The first-order valence-electron chi connectivity index (χ1n) is 11.1. The van der Waals surface area contributed by atoms with Crippen molar-refractivity contribution in [1.29, 1.82) is 0 Å². The van der Waals surface area contributed by atoms with Gasteiger partial charge < -0.3 is 10.2 Å². The number of benzene rings is 1. The van der Waals surface area contributed by atoms with Gasteiger partial charge in [0.1, 0.15) is 17.8 Å². The van der Waals surface area contributed by atoms with Gasteiger partial charge in [0.05, 0.1) is 6.20 Å². The number of hydrogen-bond donors (Lipinski definition) is 2. The Hall–Kier alpha value is -3.56. The quantitative estimate of drug-likeness (QED) is 0.677. The molecule has 10 heteroatoms. The fourth-order valence-electron chi connectivity index (χ4n) is 4.75. The summed E-state index contributed by atoms with van der Waals surface area (Å²) in [5.41, 5.74) is 2.68. The summed E-state index contributed by atoms with van der Waals surface area (Å²) in [5.74, 6) is -1.02. The minimum atomic E-state index is -0.649. The predicted molar refractivity (Wildman–Crippen MR) is 117 cm³/mol. The van der Waals surface area contributed by atoms with E-state index in [1.807, 2.05) is 6.07 Å². The van der Waals surface area contributed by atoms with Crippen LogP contribution in [0.2, 0.25) is 0 Å². The zero-order valence-corrected chi connectivity index (χ0v) is 18.8. The smallest absolute Gasteiger partial charge is 0.255 e. The van der Waals surface area contributed by atoms with Crippen LogP contribution in [0.1, 0.15) is 62.0 Å². The van der Waals surface area contributed by atoms with Crippen molar-refractivity contribution in [2.24, 2.45) is 5.41 Å². The number of aromatic nitrogens is 3. The summed E-state index contributed by atoms with van der Waals surface area (Å²) in [7, 11) is 0. The molecule has 5 rings (SSSR count).